The lowest BCUT2D eigenvalue weighted by molar-refractivity contribution is -0.206. The molecule has 5 rings (SSSR count). The van der Waals surface area contributed by atoms with Crippen LogP contribution < -0.4 is 15.7 Å². The number of halogens is 4. The second kappa shape index (κ2) is 17.2. The molecule has 3 unspecified atom stereocenters. The normalized spacial score (nSPS) is 18.4. The average Bonchev–Trinajstić information content (AvgIpc) is 3.42. The van der Waals surface area contributed by atoms with E-state index in [1.54, 1.807) is 12.1 Å². The Morgan fingerprint density at radius 3 is 2.10 bits per heavy atom. The number of likely N-dealkylation sites (tertiary alicyclic amines) is 1. The molecule has 0 saturated carbocycles. The topological polar surface area (TPSA) is 63.2 Å². The van der Waals surface area contributed by atoms with E-state index in [1.165, 1.54) is 21.7 Å². The molecular weight excluding hydrogens is 792 g/mol. The van der Waals surface area contributed by atoms with Crippen molar-refractivity contribution in [2.75, 3.05) is 58.5 Å². The number of fused-ring (bicyclic) bond motifs is 1. The summed E-state index contributed by atoms with van der Waals surface area (Å²) < 4.78 is 60.4. The molecule has 2 heterocycles. The molecule has 3 aromatic carbocycles. The van der Waals surface area contributed by atoms with Crippen LogP contribution in [0, 0.1) is 8.80 Å². The van der Waals surface area contributed by atoms with Gasteiger partial charge in [0, 0.05) is 30.1 Å². The van der Waals surface area contributed by atoms with E-state index in [4.69, 9.17) is 13.9 Å². The minimum absolute atomic E-state index is 0.0631. The molecule has 4 aromatic rings. The van der Waals surface area contributed by atoms with Crippen LogP contribution in [-0.2, 0) is 13.9 Å². The fourth-order valence-corrected chi connectivity index (χ4v) is 13.9. The fraction of sp³-hybridized carbons (Fsp3) is 0.474. The highest BCUT2D eigenvalue weighted by Gasteiger charge is 2.50. The monoisotopic (exact) mass is 840 g/mol. The molecule has 0 aliphatic carbocycles. The molecule has 12 heteroatoms. The van der Waals surface area contributed by atoms with Gasteiger partial charge in [-0.15, -0.1) is 11.3 Å². The number of anilines is 1. The molecule has 0 spiro atoms. The second-order valence-corrected chi connectivity index (χ2v) is 21.1. The van der Waals surface area contributed by atoms with E-state index < -0.39 is 20.6 Å². The zero-order valence-corrected chi connectivity index (χ0v) is 33.1. The Kier molecular flexibility index (Phi) is 13.5. The number of hydrogen-bond donors (Lipinski definition) is 2. The zero-order chi connectivity index (χ0) is 35.9. The van der Waals surface area contributed by atoms with Crippen LogP contribution in [0.3, 0.4) is 0 Å². The first-order valence-electron chi connectivity index (χ1n) is 17.1. The van der Waals surface area contributed by atoms with Crippen molar-refractivity contribution in [2.24, 2.45) is 5.92 Å². The third-order valence-electron chi connectivity index (χ3n) is 9.54. The summed E-state index contributed by atoms with van der Waals surface area (Å²) in [5, 5.41) is 16.6. The van der Waals surface area contributed by atoms with Crippen LogP contribution in [-0.4, -0.2) is 83.7 Å². The molecule has 1 aliphatic rings. The molecule has 1 aromatic heterocycles. The largest absolute Gasteiger partial charge is 0.418 e. The first kappa shape index (κ1) is 39.2. The predicted molar refractivity (Wildman–Crippen MR) is 208 cm³/mol. The van der Waals surface area contributed by atoms with E-state index in [0.29, 0.717) is 47.2 Å². The Bertz CT molecular complexity index is 1620. The maximum atomic E-state index is 13.4. The molecule has 3 atom stereocenters. The van der Waals surface area contributed by atoms with E-state index >= 15 is 0 Å². The minimum Gasteiger partial charge on any atom is -0.405 e. The molecular formula is C38H48F3IN2O4SSi. The number of rotatable bonds is 15. The summed E-state index contributed by atoms with van der Waals surface area (Å²) >= 11 is 3.18. The standard InChI is InChI=1S/C38H48F3IN2O4SSi/c1-37(2,3)50(28-12-7-5-8-13-28,29-14-9-6-10-15-29)48-25-24-47-23-22-46-21-19-27-26-44(4)20-18-31(27)43-32-17-11-16-30-33(35(45)38(39,40)41)36(42)49-34(30)32/h5-17,27,31,35,43,45H,18-26H2,1-4H3. The molecule has 0 amide bonds. The summed E-state index contributed by atoms with van der Waals surface area (Å²) in [7, 11) is -0.486. The molecule has 1 fully saturated rings. The van der Waals surface area contributed by atoms with Crippen molar-refractivity contribution in [2.45, 2.75) is 57.0 Å². The lowest BCUT2D eigenvalue weighted by Gasteiger charge is -2.43. The molecule has 0 bridgehead atoms. The van der Waals surface area contributed by atoms with Crippen molar-refractivity contribution in [3.63, 3.8) is 0 Å². The highest BCUT2D eigenvalue weighted by molar-refractivity contribution is 14.1. The Labute approximate surface area is 312 Å². The van der Waals surface area contributed by atoms with Gasteiger partial charge in [0.25, 0.3) is 8.32 Å². The maximum Gasteiger partial charge on any atom is 0.418 e. The van der Waals surface area contributed by atoms with Gasteiger partial charge in [-0.1, -0.05) is 93.6 Å². The first-order chi connectivity index (χ1) is 23.8. The number of hydrogen-bond acceptors (Lipinski definition) is 7. The van der Waals surface area contributed by atoms with E-state index in [-0.39, 0.29) is 16.6 Å². The van der Waals surface area contributed by atoms with Crippen LogP contribution in [0.4, 0.5) is 18.9 Å². The van der Waals surface area contributed by atoms with Crippen LogP contribution in [0.2, 0.25) is 5.04 Å². The molecule has 1 aliphatic heterocycles. The van der Waals surface area contributed by atoms with Gasteiger partial charge in [0.15, 0.2) is 6.10 Å². The van der Waals surface area contributed by atoms with E-state index in [2.05, 4.69) is 86.6 Å². The van der Waals surface area contributed by atoms with Gasteiger partial charge in [-0.3, -0.25) is 0 Å². The molecule has 272 valence electrons. The van der Waals surface area contributed by atoms with Crippen molar-refractivity contribution < 1.29 is 32.2 Å². The van der Waals surface area contributed by atoms with Crippen molar-refractivity contribution in [1.29, 1.82) is 0 Å². The summed E-state index contributed by atoms with van der Waals surface area (Å²) in [5.41, 5.74) is 0.743. The number of ether oxygens (including phenoxy) is 2. The fourth-order valence-electron chi connectivity index (χ4n) is 7.11. The summed E-state index contributed by atoms with van der Waals surface area (Å²) in [6, 6.07) is 26.6. The number of alkyl halides is 3. The summed E-state index contributed by atoms with van der Waals surface area (Å²) in [5.74, 6) is 0.295. The van der Waals surface area contributed by atoms with Gasteiger partial charge in [-0.25, -0.2) is 0 Å². The lowest BCUT2D eigenvalue weighted by atomic mass is 9.89. The second-order valence-electron chi connectivity index (χ2n) is 14.0. The van der Waals surface area contributed by atoms with Gasteiger partial charge in [-0.05, 0) is 76.4 Å². The molecule has 1 saturated heterocycles. The predicted octanol–water partition coefficient (Wildman–Crippen LogP) is 7.83. The van der Waals surface area contributed by atoms with Gasteiger partial charge in [0.05, 0.1) is 39.7 Å². The number of aliphatic hydroxyl groups excluding tert-OH is 1. The van der Waals surface area contributed by atoms with Crippen LogP contribution in [0.15, 0.2) is 78.9 Å². The van der Waals surface area contributed by atoms with E-state index in [1.807, 2.05) is 40.8 Å². The van der Waals surface area contributed by atoms with Gasteiger partial charge in [-0.2, -0.15) is 13.2 Å². The number of aliphatic hydroxyl groups is 1. The SMILES string of the molecule is CN1CCC(Nc2cccc3c(C(O)C(F)(F)F)c(I)sc23)C(CCOCCOCCO[Si](c2ccccc2)(c2ccccc2)C(C)(C)C)C1. The summed E-state index contributed by atoms with van der Waals surface area (Å²) in [6.45, 7) is 11.1. The van der Waals surface area contributed by atoms with Crippen LogP contribution in [0.1, 0.15) is 45.3 Å². The molecule has 6 nitrogen and oxygen atoms in total. The summed E-state index contributed by atoms with van der Waals surface area (Å²) in [6.07, 6.45) is -5.48. The van der Waals surface area contributed by atoms with Gasteiger partial charge in [0.1, 0.15) is 0 Å². The van der Waals surface area contributed by atoms with E-state index in [9.17, 15) is 18.3 Å². The quantitative estimate of drug-likeness (QED) is 0.0724. The molecule has 50 heavy (non-hydrogen) atoms. The first-order valence-corrected chi connectivity index (χ1v) is 20.9. The number of piperidine rings is 1. The Hall–Kier alpha value is -2.04. The van der Waals surface area contributed by atoms with Gasteiger partial charge < -0.3 is 29.2 Å². The van der Waals surface area contributed by atoms with Crippen molar-refractivity contribution >= 4 is 68.4 Å². The Morgan fingerprint density at radius 2 is 1.50 bits per heavy atom. The summed E-state index contributed by atoms with van der Waals surface area (Å²) in [4.78, 5) is 2.31. The lowest BCUT2D eigenvalue weighted by Crippen LogP contribution is -2.66. The number of thiophene rings is 1. The average molecular weight is 841 g/mol. The third-order valence-corrected chi connectivity index (χ3v) is 16.9. The van der Waals surface area contributed by atoms with Gasteiger partial charge in [0.2, 0.25) is 0 Å². The van der Waals surface area contributed by atoms with Crippen LogP contribution in [0.5, 0.6) is 0 Å². The smallest absolute Gasteiger partial charge is 0.405 e. The van der Waals surface area contributed by atoms with E-state index in [0.717, 1.165) is 36.3 Å². The molecule has 2 N–H and O–H groups in total. The minimum atomic E-state index is -4.72. The van der Waals surface area contributed by atoms with Crippen molar-refractivity contribution in [1.82, 2.24) is 4.90 Å². The highest BCUT2D eigenvalue weighted by atomic mass is 127. The Balaban J connectivity index is 1.12. The highest BCUT2D eigenvalue weighted by Crippen LogP contribution is 2.45. The number of benzene rings is 3. The Morgan fingerprint density at radius 1 is 0.900 bits per heavy atom. The zero-order valence-electron chi connectivity index (χ0n) is 29.1. The van der Waals surface area contributed by atoms with Crippen LogP contribution >= 0.6 is 33.9 Å². The number of nitrogens with one attached hydrogen (secondary N) is 1. The van der Waals surface area contributed by atoms with Gasteiger partial charge >= 0.3 is 6.18 Å². The van der Waals surface area contributed by atoms with Crippen molar-refractivity contribution in [3.8, 4) is 0 Å². The third kappa shape index (κ3) is 9.11. The maximum absolute atomic E-state index is 13.4. The van der Waals surface area contributed by atoms with Crippen LogP contribution in [0.25, 0.3) is 10.1 Å². The molecule has 0 radical (unpaired) electrons. The van der Waals surface area contributed by atoms with Crippen molar-refractivity contribution in [3.05, 3.63) is 87.3 Å². The number of nitrogens with zero attached hydrogens (tertiary/aromatic N) is 1.